The first-order valence-corrected chi connectivity index (χ1v) is 8.67. The van der Waals surface area contributed by atoms with E-state index >= 15 is 0 Å². The Morgan fingerprint density at radius 2 is 1.75 bits per heavy atom. The van der Waals surface area contributed by atoms with Gasteiger partial charge in [-0.25, -0.2) is 4.98 Å². The molecule has 0 aliphatic carbocycles. The Labute approximate surface area is 159 Å². The third-order valence-corrected chi connectivity index (χ3v) is 4.64. The Morgan fingerprint density at radius 3 is 2.32 bits per heavy atom. The van der Waals surface area contributed by atoms with Gasteiger partial charge in [-0.05, 0) is 49.2 Å². The molecular formula is C19H18F3N3O3. The van der Waals surface area contributed by atoms with Gasteiger partial charge in [0.2, 0.25) is 5.91 Å². The molecule has 0 saturated carbocycles. The zero-order valence-corrected chi connectivity index (χ0v) is 14.7. The molecule has 2 amide bonds. The minimum absolute atomic E-state index is 0.0794. The number of hydrogen-bond donors (Lipinski definition) is 2. The molecular weight excluding hydrogens is 375 g/mol. The van der Waals surface area contributed by atoms with Gasteiger partial charge in [0.25, 0.3) is 5.91 Å². The number of halogens is 3. The molecule has 1 aromatic carbocycles. The number of aromatic nitrogens is 1. The summed E-state index contributed by atoms with van der Waals surface area (Å²) < 4.78 is 37.9. The number of aromatic hydroxyl groups is 1. The molecule has 28 heavy (non-hydrogen) atoms. The van der Waals surface area contributed by atoms with Crippen LogP contribution >= 0.6 is 0 Å². The van der Waals surface area contributed by atoms with Gasteiger partial charge >= 0.3 is 6.18 Å². The van der Waals surface area contributed by atoms with Crippen molar-refractivity contribution in [1.29, 1.82) is 0 Å². The number of carbonyl (C=O) groups is 2. The van der Waals surface area contributed by atoms with Crippen LogP contribution in [0.4, 0.5) is 19.0 Å². The standard InChI is InChI=1S/C19H18F3N3O3/c20-19(21,22)14-5-3-13(4-6-14)18(28)25-10-7-12(8-11-25)17(27)24-16-15(26)2-1-9-23-16/h1-6,9,12,26H,7-8,10-11H2,(H,23,24,27). The number of nitrogens with one attached hydrogen (secondary N) is 1. The van der Waals surface area contributed by atoms with Crippen LogP contribution in [0.1, 0.15) is 28.8 Å². The lowest BCUT2D eigenvalue weighted by Crippen LogP contribution is -2.41. The van der Waals surface area contributed by atoms with E-state index in [1.54, 1.807) is 0 Å². The fourth-order valence-electron chi connectivity index (χ4n) is 3.04. The summed E-state index contributed by atoms with van der Waals surface area (Å²) in [6.45, 7) is 0.623. The van der Waals surface area contributed by atoms with Crippen LogP contribution in [0.2, 0.25) is 0 Å². The summed E-state index contributed by atoms with van der Waals surface area (Å²) in [5.74, 6) is -1.06. The van der Waals surface area contributed by atoms with Crippen molar-refractivity contribution in [3.05, 3.63) is 53.7 Å². The first-order chi connectivity index (χ1) is 13.3. The molecule has 1 aliphatic heterocycles. The molecule has 1 fully saturated rings. The second kappa shape index (κ2) is 7.87. The second-order valence-electron chi connectivity index (χ2n) is 6.50. The van der Waals surface area contributed by atoms with Crippen LogP contribution < -0.4 is 5.32 Å². The van der Waals surface area contributed by atoms with Gasteiger partial charge in [-0.15, -0.1) is 0 Å². The van der Waals surface area contributed by atoms with Crippen LogP contribution in [0, 0.1) is 5.92 Å². The normalized spacial score (nSPS) is 15.3. The number of pyridine rings is 1. The van der Waals surface area contributed by atoms with E-state index < -0.39 is 11.7 Å². The van der Waals surface area contributed by atoms with Gasteiger partial charge in [0.1, 0.15) is 0 Å². The highest BCUT2D eigenvalue weighted by atomic mass is 19.4. The molecule has 1 saturated heterocycles. The van der Waals surface area contributed by atoms with E-state index in [-0.39, 0.29) is 34.9 Å². The van der Waals surface area contributed by atoms with Crippen LogP contribution in [0.5, 0.6) is 5.75 Å². The minimum Gasteiger partial charge on any atom is -0.504 e. The van der Waals surface area contributed by atoms with Crippen LogP contribution in [0.3, 0.4) is 0 Å². The van der Waals surface area contributed by atoms with Crippen molar-refractivity contribution in [2.45, 2.75) is 19.0 Å². The summed E-state index contributed by atoms with van der Waals surface area (Å²) in [4.78, 5) is 30.2. The van der Waals surface area contributed by atoms with Gasteiger partial charge in [-0.2, -0.15) is 13.2 Å². The first kappa shape index (κ1) is 19.7. The molecule has 0 unspecified atom stereocenters. The zero-order chi connectivity index (χ0) is 20.3. The number of alkyl halides is 3. The molecule has 0 atom stereocenters. The van der Waals surface area contributed by atoms with Crippen LogP contribution in [0.15, 0.2) is 42.6 Å². The number of piperidine rings is 1. The topological polar surface area (TPSA) is 82.5 Å². The van der Waals surface area contributed by atoms with E-state index in [4.69, 9.17) is 0 Å². The van der Waals surface area contributed by atoms with Crippen LogP contribution in [0.25, 0.3) is 0 Å². The monoisotopic (exact) mass is 393 g/mol. The van der Waals surface area contributed by atoms with Crippen molar-refractivity contribution in [3.8, 4) is 5.75 Å². The van der Waals surface area contributed by atoms with Crippen LogP contribution in [-0.2, 0) is 11.0 Å². The Kier molecular flexibility index (Phi) is 5.53. The average Bonchev–Trinajstić information content (AvgIpc) is 2.69. The Bertz CT molecular complexity index is 861. The maximum atomic E-state index is 12.6. The molecule has 2 N–H and O–H groups in total. The van der Waals surface area contributed by atoms with Gasteiger partial charge in [-0.1, -0.05) is 0 Å². The molecule has 3 rings (SSSR count). The number of nitrogens with zero attached hydrogens (tertiary/aromatic N) is 2. The molecule has 6 nitrogen and oxygen atoms in total. The van der Waals surface area contributed by atoms with E-state index in [1.807, 2.05) is 0 Å². The summed E-state index contributed by atoms with van der Waals surface area (Å²) in [6.07, 6.45) is -2.19. The predicted octanol–water partition coefficient (Wildman–Crippen LogP) is 3.30. The molecule has 0 radical (unpaired) electrons. The third-order valence-electron chi connectivity index (χ3n) is 4.64. The number of carbonyl (C=O) groups excluding carboxylic acids is 2. The fraction of sp³-hybridized carbons (Fsp3) is 0.316. The summed E-state index contributed by atoms with van der Waals surface area (Å²) in [5, 5.41) is 12.2. The highest BCUT2D eigenvalue weighted by molar-refractivity contribution is 5.95. The molecule has 148 valence electrons. The van der Waals surface area contributed by atoms with Crippen molar-refractivity contribution >= 4 is 17.6 Å². The average molecular weight is 393 g/mol. The van der Waals surface area contributed by atoms with Gasteiger partial charge < -0.3 is 15.3 Å². The van der Waals surface area contributed by atoms with Crippen LogP contribution in [-0.4, -0.2) is 39.9 Å². The Morgan fingerprint density at radius 1 is 1.11 bits per heavy atom. The number of amides is 2. The van der Waals surface area contributed by atoms with Crippen molar-refractivity contribution in [2.75, 3.05) is 18.4 Å². The molecule has 9 heteroatoms. The smallest absolute Gasteiger partial charge is 0.416 e. The summed E-state index contributed by atoms with van der Waals surface area (Å²) in [7, 11) is 0. The molecule has 2 aromatic rings. The lowest BCUT2D eigenvalue weighted by atomic mass is 9.95. The quantitative estimate of drug-likeness (QED) is 0.838. The number of rotatable bonds is 3. The SMILES string of the molecule is O=C(Nc1ncccc1O)C1CCN(C(=O)c2ccc(C(F)(F)F)cc2)CC1. The lowest BCUT2D eigenvalue weighted by Gasteiger charge is -2.31. The lowest BCUT2D eigenvalue weighted by molar-refractivity contribution is -0.137. The highest BCUT2D eigenvalue weighted by Crippen LogP contribution is 2.29. The maximum Gasteiger partial charge on any atom is 0.416 e. The van der Waals surface area contributed by atoms with Gasteiger partial charge in [-0.3, -0.25) is 9.59 Å². The van der Waals surface area contributed by atoms with E-state index in [0.29, 0.717) is 25.9 Å². The maximum absolute atomic E-state index is 12.6. The van der Waals surface area contributed by atoms with Gasteiger partial charge in [0, 0.05) is 30.8 Å². The number of hydrogen-bond acceptors (Lipinski definition) is 4. The molecule has 1 aliphatic rings. The Balaban J connectivity index is 1.56. The van der Waals surface area contributed by atoms with Crippen molar-refractivity contribution in [3.63, 3.8) is 0 Å². The molecule has 0 spiro atoms. The number of anilines is 1. The highest BCUT2D eigenvalue weighted by Gasteiger charge is 2.31. The van der Waals surface area contributed by atoms with Crippen molar-refractivity contribution in [1.82, 2.24) is 9.88 Å². The fourth-order valence-corrected chi connectivity index (χ4v) is 3.04. The predicted molar refractivity (Wildman–Crippen MR) is 94.6 cm³/mol. The van der Waals surface area contributed by atoms with Gasteiger partial charge in [0.15, 0.2) is 11.6 Å². The molecule has 0 bridgehead atoms. The second-order valence-corrected chi connectivity index (χ2v) is 6.50. The van der Waals surface area contributed by atoms with E-state index in [9.17, 15) is 27.9 Å². The summed E-state index contributed by atoms with van der Waals surface area (Å²) >= 11 is 0. The van der Waals surface area contributed by atoms with Crippen molar-refractivity contribution < 1.29 is 27.9 Å². The summed E-state index contributed by atoms with van der Waals surface area (Å²) in [6, 6.07) is 7.03. The zero-order valence-electron chi connectivity index (χ0n) is 14.7. The minimum atomic E-state index is -4.45. The van der Waals surface area contributed by atoms with E-state index in [1.165, 1.54) is 23.2 Å². The van der Waals surface area contributed by atoms with Gasteiger partial charge in [0.05, 0.1) is 5.56 Å². The van der Waals surface area contributed by atoms with Crippen molar-refractivity contribution in [2.24, 2.45) is 5.92 Å². The number of benzene rings is 1. The first-order valence-electron chi connectivity index (χ1n) is 8.67. The Hall–Kier alpha value is -3.10. The largest absolute Gasteiger partial charge is 0.504 e. The summed E-state index contributed by atoms with van der Waals surface area (Å²) in [5.41, 5.74) is -0.633. The van der Waals surface area contributed by atoms with E-state index in [0.717, 1.165) is 24.3 Å². The third kappa shape index (κ3) is 4.41. The molecule has 1 aromatic heterocycles. The van der Waals surface area contributed by atoms with E-state index in [2.05, 4.69) is 10.3 Å². The molecule has 2 heterocycles. The number of likely N-dealkylation sites (tertiary alicyclic amines) is 1.